The number of ether oxygens (including phenoxy) is 2. The number of benzene rings is 2. The Bertz CT molecular complexity index is 1030. The van der Waals surface area contributed by atoms with Gasteiger partial charge in [0.2, 0.25) is 0 Å². The topological polar surface area (TPSA) is 137 Å². The summed E-state index contributed by atoms with van der Waals surface area (Å²) in [5.41, 5.74) is -0.836. The second-order valence-corrected chi connectivity index (χ2v) is 7.37. The molecule has 1 aliphatic rings. The van der Waals surface area contributed by atoms with E-state index < -0.39 is 27.2 Å². The average molecular weight is 465 g/mol. The lowest BCUT2D eigenvalue weighted by molar-refractivity contribution is -0.393. The number of morpholine rings is 1. The maximum Gasteiger partial charge on any atom is 0.340 e. The second kappa shape index (κ2) is 10.4. The number of nitro benzene ring substituents is 2. The van der Waals surface area contributed by atoms with Crippen molar-refractivity contribution in [3.8, 4) is 0 Å². The van der Waals surface area contributed by atoms with Crippen LogP contribution in [-0.4, -0.2) is 60.7 Å². The molecule has 1 aliphatic heterocycles. The van der Waals surface area contributed by atoms with Crippen molar-refractivity contribution in [2.24, 2.45) is 0 Å². The monoisotopic (exact) mass is 464 g/mol. The smallest absolute Gasteiger partial charge is 0.340 e. The average Bonchev–Trinajstić information content (AvgIpc) is 2.79. The molecule has 2 aromatic carbocycles. The van der Waals surface area contributed by atoms with Gasteiger partial charge in [-0.15, -0.1) is 0 Å². The molecule has 12 heteroatoms. The van der Waals surface area contributed by atoms with E-state index in [-0.39, 0.29) is 23.8 Å². The van der Waals surface area contributed by atoms with E-state index in [9.17, 15) is 25.0 Å². The number of halogens is 1. The molecule has 170 valence electrons. The number of nitro groups is 2. The molecule has 0 radical (unpaired) electrons. The van der Waals surface area contributed by atoms with Crippen LogP contribution in [0.3, 0.4) is 0 Å². The molecule has 32 heavy (non-hydrogen) atoms. The number of esters is 1. The minimum absolute atomic E-state index is 0.145. The number of carbonyl (C=O) groups is 1. The first-order valence-corrected chi connectivity index (χ1v) is 10.1. The van der Waals surface area contributed by atoms with Crippen LogP contribution in [0.1, 0.15) is 22.0 Å². The number of hydrogen-bond acceptors (Lipinski definition) is 9. The van der Waals surface area contributed by atoms with Gasteiger partial charge in [0, 0.05) is 30.7 Å². The van der Waals surface area contributed by atoms with Crippen LogP contribution in [0.5, 0.6) is 0 Å². The molecule has 1 atom stereocenters. The third-order valence-electron chi connectivity index (χ3n) is 5.14. The SMILES string of the molecule is COC(=O)c1cc([N+](=O)[O-])cc([N+](=O)[O-])c1NCC(c1ccccc1Cl)N1CCOCC1. The van der Waals surface area contributed by atoms with Crippen LogP contribution in [0.15, 0.2) is 36.4 Å². The summed E-state index contributed by atoms with van der Waals surface area (Å²) < 4.78 is 10.1. The fourth-order valence-corrected chi connectivity index (χ4v) is 3.85. The molecule has 0 amide bonds. The van der Waals surface area contributed by atoms with Crippen molar-refractivity contribution in [2.75, 3.05) is 45.3 Å². The Morgan fingerprint density at radius 1 is 1.22 bits per heavy atom. The van der Waals surface area contributed by atoms with Crippen LogP contribution in [0.4, 0.5) is 17.1 Å². The molecule has 2 aromatic rings. The number of methoxy groups -OCH3 is 1. The molecule has 0 bridgehead atoms. The van der Waals surface area contributed by atoms with Crippen LogP contribution in [-0.2, 0) is 9.47 Å². The van der Waals surface area contributed by atoms with Gasteiger partial charge in [-0.2, -0.15) is 0 Å². The van der Waals surface area contributed by atoms with E-state index >= 15 is 0 Å². The maximum absolute atomic E-state index is 12.3. The minimum atomic E-state index is -0.931. The Morgan fingerprint density at radius 2 is 1.91 bits per heavy atom. The molecule has 0 spiro atoms. The van der Waals surface area contributed by atoms with Crippen LogP contribution in [0, 0.1) is 20.2 Å². The fraction of sp³-hybridized carbons (Fsp3) is 0.350. The van der Waals surface area contributed by atoms with E-state index in [4.69, 9.17) is 21.1 Å². The van der Waals surface area contributed by atoms with E-state index in [0.717, 1.165) is 24.8 Å². The predicted octanol–water partition coefficient (Wildman–Crippen LogP) is 3.43. The molecular formula is C20H21ClN4O7. The molecule has 1 saturated heterocycles. The quantitative estimate of drug-likeness (QED) is 0.353. The van der Waals surface area contributed by atoms with Crippen molar-refractivity contribution in [3.05, 3.63) is 72.8 Å². The molecule has 0 saturated carbocycles. The third kappa shape index (κ3) is 5.13. The summed E-state index contributed by atoms with van der Waals surface area (Å²) in [6.45, 7) is 2.41. The van der Waals surface area contributed by atoms with E-state index in [2.05, 4.69) is 10.2 Å². The highest BCUT2D eigenvalue weighted by atomic mass is 35.5. The van der Waals surface area contributed by atoms with E-state index in [0.29, 0.717) is 31.3 Å². The van der Waals surface area contributed by atoms with Crippen molar-refractivity contribution >= 4 is 34.6 Å². The number of non-ortho nitro benzene ring substituents is 1. The number of hydrogen-bond donors (Lipinski definition) is 1. The number of nitrogens with zero attached hydrogens (tertiary/aromatic N) is 3. The van der Waals surface area contributed by atoms with Gasteiger partial charge in [0.25, 0.3) is 11.4 Å². The van der Waals surface area contributed by atoms with Crippen LogP contribution in [0.25, 0.3) is 0 Å². The van der Waals surface area contributed by atoms with E-state index in [1.165, 1.54) is 0 Å². The highest BCUT2D eigenvalue weighted by Crippen LogP contribution is 2.35. The Morgan fingerprint density at radius 3 is 2.50 bits per heavy atom. The summed E-state index contributed by atoms with van der Waals surface area (Å²) in [4.78, 5) is 35.7. The van der Waals surface area contributed by atoms with Gasteiger partial charge in [0.1, 0.15) is 5.69 Å². The predicted molar refractivity (Wildman–Crippen MR) is 116 cm³/mol. The van der Waals surface area contributed by atoms with Gasteiger partial charge in [0.15, 0.2) is 0 Å². The van der Waals surface area contributed by atoms with Crippen molar-refractivity contribution in [1.82, 2.24) is 4.90 Å². The molecule has 11 nitrogen and oxygen atoms in total. The Hall–Kier alpha value is -3.28. The first-order chi connectivity index (χ1) is 15.3. The number of nitrogens with one attached hydrogen (secondary N) is 1. The summed E-state index contributed by atoms with van der Waals surface area (Å²) in [6.07, 6.45) is 0. The molecule has 1 heterocycles. The molecule has 1 unspecified atom stereocenters. The van der Waals surface area contributed by atoms with Crippen molar-refractivity contribution in [1.29, 1.82) is 0 Å². The standard InChI is InChI=1S/C20H21ClN4O7/c1-31-20(26)15-10-13(24(27)28)11-17(25(29)30)19(15)22-12-18(23-6-8-32-9-7-23)14-4-2-3-5-16(14)21/h2-5,10-11,18,22H,6-9,12H2,1H3. The first-order valence-electron chi connectivity index (χ1n) is 9.68. The van der Waals surface area contributed by atoms with Gasteiger partial charge in [-0.1, -0.05) is 29.8 Å². The Kier molecular flexibility index (Phi) is 7.57. The highest BCUT2D eigenvalue weighted by Gasteiger charge is 2.30. The lowest BCUT2D eigenvalue weighted by atomic mass is 10.0. The number of rotatable bonds is 8. The summed E-state index contributed by atoms with van der Waals surface area (Å²) in [7, 11) is 1.09. The van der Waals surface area contributed by atoms with Gasteiger partial charge in [-0.25, -0.2) is 4.79 Å². The zero-order chi connectivity index (χ0) is 23.3. The van der Waals surface area contributed by atoms with Gasteiger partial charge in [-0.3, -0.25) is 25.1 Å². The molecule has 3 rings (SSSR count). The lowest BCUT2D eigenvalue weighted by Crippen LogP contribution is -2.41. The number of anilines is 1. The van der Waals surface area contributed by atoms with Crippen molar-refractivity contribution in [3.63, 3.8) is 0 Å². The zero-order valence-electron chi connectivity index (χ0n) is 17.2. The first kappa shape index (κ1) is 23.4. The summed E-state index contributed by atoms with van der Waals surface area (Å²) in [6, 6.07) is 8.71. The van der Waals surface area contributed by atoms with Gasteiger partial charge < -0.3 is 14.8 Å². The lowest BCUT2D eigenvalue weighted by Gasteiger charge is -2.35. The number of carbonyl (C=O) groups excluding carboxylic acids is 1. The molecule has 1 fully saturated rings. The van der Waals surface area contributed by atoms with Gasteiger partial charge >= 0.3 is 5.97 Å². The van der Waals surface area contributed by atoms with Crippen molar-refractivity contribution in [2.45, 2.75) is 6.04 Å². The zero-order valence-corrected chi connectivity index (χ0v) is 17.9. The fourth-order valence-electron chi connectivity index (χ4n) is 3.59. The maximum atomic E-state index is 12.3. The van der Waals surface area contributed by atoms with Crippen LogP contribution >= 0.6 is 11.6 Å². The third-order valence-corrected chi connectivity index (χ3v) is 5.48. The largest absolute Gasteiger partial charge is 0.465 e. The van der Waals surface area contributed by atoms with E-state index in [1.54, 1.807) is 12.1 Å². The molecule has 0 aliphatic carbocycles. The summed E-state index contributed by atoms with van der Waals surface area (Å²) in [5, 5.41) is 26.4. The van der Waals surface area contributed by atoms with Crippen molar-refractivity contribution < 1.29 is 24.1 Å². The Balaban J connectivity index is 2.02. The van der Waals surface area contributed by atoms with Crippen LogP contribution in [0.2, 0.25) is 5.02 Å². The summed E-state index contributed by atoms with van der Waals surface area (Å²) in [5.74, 6) is -0.931. The molecule has 0 aromatic heterocycles. The van der Waals surface area contributed by atoms with Crippen LogP contribution < -0.4 is 5.32 Å². The Labute approximate surface area is 188 Å². The van der Waals surface area contributed by atoms with E-state index in [1.807, 2.05) is 12.1 Å². The van der Waals surface area contributed by atoms with Gasteiger partial charge in [0.05, 0.1) is 47.8 Å². The highest BCUT2D eigenvalue weighted by molar-refractivity contribution is 6.31. The normalized spacial score (nSPS) is 15.1. The summed E-state index contributed by atoms with van der Waals surface area (Å²) >= 11 is 6.42. The van der Waals surface area contributed by atoms with Gasteiger partial charge in [-0.05, 0) is 11.6 Å². The molecular weight excluding hydrogens is 444 g/mol. The second-order valence-electron chi connectivity index (χ2n) is 6.96. The molecule has 1 N–H and O–H groups in total. The minimum Gasteiger partial charge on any atom is -0.465 e.